The lowest BCUT2D eigenvalue weighted by atomic mass is 10.0. The maximum Gasteiger partial charge on any atom is 0.220 e. The molecule has 0 spiro atoms. The maximum atomic E-state index is 13.0. The number of aliphatic hydroxyl groups is 1. The Morgan fingerprint density at radius 1 is 1.36 bits per heavy atom. The molecule has 2 aromatic rings. The first-order chi connectivity index (χ1) is 10.4. The number of nitrogens with one attached hydrogen (secondary N) is 1. The molecule has 4 nitrogen and oxygen atoms in total. The van der Waals surface area contributed by atoms with Crippen LogP contribution in [-0.4, -0.2) is 17.6 Å². The van der Waals surface area contributed by atoms with Crippen LogP contribution in [0.3, 0.4) is 0 Å². The molecule has 0 saturated carbocycles. The first-order valence-corrected chi connectivity index (χ1v) is 7.17. The number of furan rings is 1. The van der Waals surface area contributed by atoms with Gasteiger partial charge >= 0.3 is 0 Å². The number of hydrogen-bond donors (Lipinski definition) is 2. The van der Waals surface area contributed by atoms with E-state index in [1.54, 1.807) is 38.1 Å². The van der Waals surface area contributed by atoms with Gasteiger partial charge in [-0.15, -0.1) is 0 Å². The van der Waals surface area contributed by atoms with Gasteiger partial charge in [0.25, 0.3) is 0 Å². The minimum Gasteiger partial charge on any atom is -0.463 e. The second-order valence-electron chi connectivity index (χ2n) is 5.59. The first-order valence-electron chi connectivity index (χ1n) is 7.17. The van der Waals surface area contributed by atoms with Gasteiger partial charge in [-0.3, -0.25) is 4.79 Å². The zero-order chi connectivity index (χ0) is 16.2. The van der Waals surface area contributed by atoms with Gasteiger partial charge in [-0.25, -0.2) is 4.39 Å². The highest BCUT2D eigenvalue weighted by atomic mass is 19.1. The van der Waals surface area contributed by atoms with Gasteiger partial charge in [0.05, 0.1) is 6.54 Å². The topological polar surface area (TPSA) is 62.5 Å². The molecule has 1 aromatic carbocycles. The number of carbonyl (C=O) groups is 1. The number of carbonyl (C=O) groups excluding carboxylic acids is 1. The van der Waals surface area contributed by atoms with Crippen molar-refractivity contribution in [2.75, 3.05) is 6.54 Å². The Morgan fingerprint density at radius 3 is 2.77 bits per heavy atom. The van der Waals surface area contributed by atoms with Gasteiger partial charge in [0, 0.05) is 6.42 Å². The zero-order valence-electron chi connectivity index (χ0n) is 12.7. The zero-order valence-corrected chi connectivity index (χ0v) is 12.7. The molecule has 22 heavy (non-hydrogen) atoms. The van der Waals surface area contributed by atoms with Crippen LogP contribution in [0.5, 0.6) is 0 Å². The van der Waals surface area contributed by atoms with Gasteiger partial charge in [-0.05, 0) is 50.1 Å². The fourth-order valence-electron chi connectivity index (χ4n) is 2.12. The van der Waals surface area contributed by atoms with Crippen molar-refractivity contribution in [2.24, 2.45) is 0 Å². The van der Waals surface area contributed by atoms with E-state index in [1.165, 1.54) is 12.1 Å². The molecular weight excluding hydrogens is 285 g/mol. The number of benzene rings is 1. The number of rotatable bonds is 6. The van der Waals surface area contributed by atoms with Crippen LogP contribution in [0.25, 0.3) is 0 Å². The fourth-order valence-corrected chi connectivity index (χ4v) is 2.12. The Labute approximate surface area is 129 Å². The molecule has 0 aliphatic heterocycles. The normalized spacial score (nSPS) is 13.6. The third kappa shape index (κ3) is 4.43. The third-order valence-corrected chi connectivity index (χ3v) is 3.43. The van der Waals surface area contributed by atoms with Gasteiger partial charge in [0.2, 0.25) is 5.91 Å². The molecule has 5 heteroatoms. The highest BCUT2D eigenvalue weighted by molar-refractivity contribution is 5.76. The summed E-state index contributed by atoms with van der Waals surface area (Å²) in [5.74, 6) is 0.602. The van der Waals surface area contributed by atoms with Gasteiger partial charge in [-0.1, -0.05) is 12.1 Å². The molecule has 0 bridgehead atoms. The average Bonchev–Trinajstić information content (AvgIpc) is 2.91. The fraction of sp³-hybridized carbons (Fsp3) is 0.353. The van der Waals surface area contributed by atoms with Gasteiger partial charge < -0.3 is 14.8 Å². The van der Waals surface area contributed by atoms with Crippen molar-refractivity contribution >= 4 is 5.91 Å². The van der Waals surface area contributed by atoms with Crippen molar-refractivity contribution in [1.29, 1.82) is 0 Å². The number of amides is 1. The van der Waals surface area contributed by atoms with Crippen LogP contribution in [0.4, 0.5) is 4.39 Å². The molecule has 0 aliphatic rings. The van der Waals surface area contributed by atoms with E-state index in [2.05, 4.69) is 5.32 Å². The van der Waals surface area contributed by atoms with Crippen molar-refractivity contribution in [2.45, 2.75) is 32.3 Å². The molecule has 0 aliphatic carbocycles. The van der Waals surface area contributed by atoms with Crippen LogP contribution >= 0.6 is 0 Å². The van der Waals surface area contributed by atoms with Crippen molar-refractivity contribution in [3.05, 3.63) is 59.3 Å². The predicted molar refractivity (Wildman–Crippen MR) is 80.7 cm³/mol. The Balaban J connectivity index is 1.82. The van der Waals surface area contributed by atoms with Crippen LogP contribution in [0.2, 0.25) is 0 Å². The molecular formula is C17H20FNO3. The highest BCUT2D eigenvalue weighted by Crippen LogP contribution is 2.21. The number of hydrogen-bond acceptors (Lipinski definition) is 3. The second-order valence-corrected chi connectivity index (χ2v) is 5.59. The third-order valence-electron chi connectivity index (χ3n) is 3.43. The standard InChI is InChI=1S/C17H20FNO3/c1-12-6-8-15(22-12)17(2,21)11-19-16(20)9-7-13-4-3-5-14(18)10-13/h3-6,8,10,21H,7,9,11H2,1-2H3,(H,19,20). The van der Waals surface area contributed by atoms with Crippen LogP contribution in [0, 0.1) is 12.7 Å². The summed E-state index contributed by atoms with van der Waals surface area (Å²) in [5.41, 5.74) is -0.494. The van der Waals surface area contributed by atoms with Gasteiger partial charge in [0.1, 0.15) is 22.9 Å². The molecule has 0 fully saturated rings. The van der Waals surface area contributed by atoms with Crippen LogP contribution in [-0.2, 0) is 16.8 Å². The summed E-state index contributed by atoms with van der Waals surface area (Å²) >= 11 is 0. The summed E-state index contributed by atoms with van der Waals surface area (Å²) in [7, 11) is 0. The van der Waals surface area contributed by atoms with E-state index in [4.69, 9.17) is 4.42 Å². The van der Waals surface area contributed by atoms with E-state index in [0.29, 0.717) is 17.9 Å². The predicted octanol–water partition coefficient (Wildman–Crippen LogP) is 2.68. The molecule has 0 radical (unpaired) electrons. The summed E-state index contributed by atoms with van der Waals surface area (Å²) in [4.78, 5) is 11.8. The van der Waals surface area contributed by atoms with E-state index in [0.717, 1.165) is 5.56 Å². The minimum absolute atomic E-state index is 0.0575. The molecule has 2 N–H and O–H groups in total. The Morgan fingerprint density at radius 2 is 2.14 bits per heavy atom. The van der Waals surface area contributed by atoms with Crippen LogP contribution in [0.1, 0.15) is 30.4 Å². The molecule has 0 saturated heterocycles. The number of halogens is 1. The highest BCUT2D eigenvalue weighted by Gasteiger charge is 2.27. The summed E-state index contributed by atoms with van der Waals surface area (Å²) in [5, 5.41) is 13.0. The van der Waals surface area contributed by atoms with E-state index in [1.807, 2.05) is 0 Å². The largest absolute Gasteiger partial charge is 0.463 e. The van der Waals surface area contributed by atoms with Crippen molar-refractivity contribution in [3.63, 3.8) is 0 Å². The lowest BCUT2D eigenvalue weighted by Crippen LogP contribution is -2.38. The van der Waals surface area contributed by atoms with Crippen molar-refractivity contribution in [3.8, 4) is 0 Å². The van der Waals surface area contributed by atoms with Gasteiger partial charge in [0.15, 0.2) is 0 Å². The average molecular weight is 305 g/mol. The van der Waals surface area contributed by atoms with E-state index in [9.17, 15) is 14.3 Å². The van der Waals surface area contributed by atoms with E-state index in [-0.39, 0.29) is 24.7 Å². The molecule has 118 valence electrons. The van der Waals surface area contributed by atoms with E-state index < -0.39 is 5.60 Å². The molecule has 1 atom stereocenters. The van der Waals surface area contributed by atoms with Crippen LogP contribution in [0.15, 0.2) is 40.8 Å². The lowest BCUT2D eigenvalue weighted by molar-refractivity contribution is -0.122. The van der Waals surface area contributed by atoms with E-state index >= 15 is 0 Å². The summed E-state index contributed by atoms with van der Waals surface area (Å²) in [6.45, 7) is 3.43. The molecule has 1 aromatic heterocycles. The molecule has 1 amide bonds. The Hall–Kier alpha value is -2.14. The first kappa shape index (κ1) is 16.2. The van der Waals surface area contributed by atoms with Crippen LogP contribution < -0.4 is 5.32 Å². The summed E-state index contributed by atoms with van der Waals surface area (Å²) in [6, 6.07) is 9.62. The molecule has 1 heterocycles. The molecule has 2 rings (SSSR count). The lowest BCUT2D eigenvalue weighted by Gasteiger charge is -2.21. The Kier molecular flexibility index (Phi) is 4.98. The quantitative estimate of drug-likeness (QED) is 0.862. The van der Waals surface area contributed by atoms with Crippen molar-refractivity contribution in [1.82, 2.24) is 5.32 Å². The summed E-state index contributed by atoms with van der Waals surface area (Å²) < 4.78 is 18.4. The number of aryl methyl sites for hydroxylation is 2. The maximum absolute atomic E-state index is 13.0. The second kappa shape index (κ2) is 6.75. The van der Waals surface area contributed by atoms with Crippen molar-refractivity contribution < 1.29 is 18.7 Å². The monoisotopic (exact) mass is 305 g/mol. The minimum atomic E-state index is -1.26. The Bertz CT molecular complexity index is 649. The molecule has 1 unspecified atom stereocenters. The summed E-state index contributed by atoms with van der Waals surface area (Å²) in [6.07, 6.45) is 0.683. The van der Waals surface area contributed by atoms with Gasteiger partial charge in [-0.2, -0.15) is 0 Å². The SMILES string of the molecule is Cc1ccc(C(C)(O)CNC(=O)CCc2cccc(F)c2)o1. The smallest absolute Gasteiger partial charge is 0.220 e.